The van der Waals surface area contributed by atoms with Gasteiger partial charge in [-0.2, -0.15) is 0 Å². The van der Waals surface area contributed by atoms with E-state index in [1.54, 1.807) is 11.3 Å². The molecule has 1 aromatic rings. The van der Waals surface area contributed by atoms with Crippen LogP contribution in [0.25, 0.3) is 0 Å². The maximum atomic E-state index is 5.44. The van der Waals surface area contributed by atoms with Crippen LogP contribution in [0.1, 0.15) is 24.6 Å². The van der Waals surface area contributed by atoms with Gasteiger partial charge in [0.05, 0.1) is 11.2 Å². The molecule has 1 aromatic heterocycles. The number of nitrogens with zero attached hydrogens (tertiary/aromatic N) is 1. The molecule has 3 heteroatoms. The summed E-state index contributed by atoms with van der Waals surface area (Å²) in [6, 6.07) is 0. The van der Waals surface area contributed by atoms with E-state index in [0.29, 0.717) is 6.10 Å². The summed E-state index contributed by atoms with van der Waals surface area (Å²) in [6.45, 7) is 0.905. The number of rotatable bonds is 1. The van der Waals surface area contributed by atoms with Crippen LogP contribution in [0.3, 0.4) is 0 Å². The van der Waals surface area contributed by atoms with Crippen molar-refractivity contribution >= 4 is 11.3 Å². The van der Waals surface area contributed by atoms with Gasteiger partial charge in [0.1, 0.15) is 6.10 Å². The molecule has 0 aliphatic carbocycles. The summed E-state index contributed by atoms with van der Waals surface area (Å²) in [6.07, 6.45) is 2.62. The summed E-state index contributed by atoms with van der Waals surface area (Å²) in [4.78, 5) is 4.19. The highest BCUT2D eigenvalue weighted by Crippen LogP contribution is 2.27. The minimum absolute atomic E-state index is 0.297. The third-order valence-corrected chi connectivity index (χ3v) is 2.32. The molecule has 54 valence electrons. The van der Waals surface area contributed by atoms with E-state index in [1.165, 1.54) is 6.42 Å². The van der Waals surface area contributed by atoms with Crippen LogP contribution in [0.2, 0.25) is 0 Å². The maximum Gasteiger partial charge on any atom is 0.100 e. The standard InChI is InChI=1S/C7H9NOS/c1-2-7(9-3-1)6-4-10-5-8-6/h4-5,7H,1-3H2. The molecule has 0 bridgehead atoms. The van der Waals surface area contributed by atoms with Crippen molar-refractivity contribution in [2.45, 2.75) is 18.9 Å². The summed E-state index contributed by atoms with van der Waals surface area (Å²) in [5.41, 5.74) is 2.97. The molecule has 10 heavy (non-hydrogen) atoms. The van der Waals surface area contributed by atoms with Crippen molar-refractivity contribution in [1.29, 1.82) is 0 Å². The molecule has 2 rings (SSSR count). The highest BCUT2D eigenvalue weighted by molar-refractivity contribution is 7.07. The fourth-order valence-electron chi connectivity index (χ4n) is 1.19. The van der Waals surface area contributed by atoms with Gasteiger partial charge < -0.3 is 4.74 Å². The van der Waals surface area contributed by atoms with Gasteiger partial charge in [0, 0.05) is 12.0 Å². The van der Waals surface area contributed by atoms with Gasteiger partial charge >= 0.3 is 0 Å². The summed E-state index contributed by atoms with van der Waals surface area (Å²) in [5, 5.41) is 2.07. The lowest BCUT2D eigenvalue weighted by Crippen LogP contribution is -1.94. The molecule has 1 unspecified atom stereocenters. The van der Waals surface area contributed by atoms with Gasteiger partial charge in [0.2, 0.25) is 0 Å². The molecular weight excluding hydrogens is 146 g/mol. The molecule has 1 saturated heterocycles. The zero-order valence-electron chi connectivity index (χ0n) is 5.62. The van der Waals surface area contributed by atoms with E-state index in [1.807, 2.05) is 5.51 Å². The summed E-state index contributed by atoms with van der Waals surface area (Å²) in [5.74, 6) is 0. The predicted octanol–water partition coefficient (Wildman–Crippen LogP) is 1.99. The zero-order valence-corrected chi connectivity index (χ0v) is 6.43. The second kappa shape index (κ2) is 2.68. The first-order valence-electron chi connectivity index (χ1n) is 3.46. The minimum atomic E-state index is 0.297. The van der Waals surface area contributed by atoms with E-state index < -0.39 is 0 Å². The first-order chi connectivity index (χ1) is 4.97. The lowest BCUT2D eigenvalue weighted by atomic mass is 10.2. The fraction of sp³-hybridized carbons (Fsp3) is 0.571. The second-order valence-corrected chi connectivity index (χ2v) is 3.13. The van der Waals surface area contributed by atoms with Crippen molar-refractivity contribution in [2.75, 3.05) is 6.61 Å². The SMILES string of the molecule is c1nc(C2CCCO2)cs1. The van der Waals surface area contributed by atoms with E-state index in [9.17, 15) is 0 Å². The quantitative estimate of drug-likeness (QED) is 0.618. The van der Waals surface area contributed by atoms with Gasteiger partial charge in [0.15, 0.2) is 0 Å². The topological polar surface area (TPSA) is 22.1 Å². The van der Waals surface area contributed by atoms with Gasteiger partial charge in [-0.3, -0.25) is 0 Å². The normalized spacial score (nSPS) is 25.4. The van der Waals surface area contributed by atoms with Crippen LogP contribution in [0, 0.1) is 0 Å². The lowest BCUT2D eigenvalue weighted by Gasteiger charge is -2.03. The monoisotopic (exact) mass is 155 g/mol. The lowest BCUT2D eigenvalue weighted by molar-refractivity contribution is 0.109. The number of ether oxygens (including phenoxy) is 1. The summed E-state index contributed by atoms with van der Waals surface area (Å²) < 4.78 is 5.44. The summed E-state index contributed by atoms with van der Waals surface area (Å²) in [7, 11) is 0. The average Bonchev–Trinajstić information content (AvgIpc) is 2.59. The van der Waals surface area contributed by atoms with Crippen molar-refractivity contribution < 1.29 is 4.74 Å². The second-order valence-electron chi connectivity index (χ2n) is 2.41. The first-order valence-corrected chi connectivity index (χ1v) is 4.41. The first kappa shape index (κ1) is 6.31. The highest BCUT2D eigenvalue weighted by atomic mass is 32.1. The van der Waals surface area contributed by atoms with Crippen LogP contribution < -0.4 is 0 Å². The van der Waals surface area contributed by atoms with Gasteiger partial charge in [-0.15, -0.1) is 11.3 Å². The Labute approximate surface area is 63.9 Å². The van der Waals surface area contributed by atoms with Crippen LogP contribution in [-0.4, -0.2) is 11.6 Å². The Balaban J connectivity index is 2.12. The molecular formula is C7H9NOS. The number of thiazole rings is 1. The third kappa shape index (κ3) is 1.07. The average molecular weight is 155 g/mol. The predicted molar refractivity (Wildman–Crippen MR) is 40.0 cm³/mol. The van der Waals surface area contributed by atoms with E-state index in [-0.39, 0.29) is 0 Å². The maximum absolute atomic E-state index is 5.44. The fourth-order valence-corrected chi connectivity index (χ4v) is 1.79. The van der Waals surface area contributed by atoms with Gasteiger partial charge in [0.25, 0.3) is 0 Å². The molecule has 0 spiro atoms. The largest absolute Gasteiger partial charge is 0.372 e. The van der Waals surface area contributed by atoms with E-state index in [2.05, 4.69) is 10.4 Å². The number of hydrogen-bond acceptors (Lipinski definition) is 3. The van der Waals surface area contributed by atoms with Crippen molar-refractivity contribution in [1.82, 2.24) is 4.98 Å². The molecule has 1 aliphatic rings. The molecule has 2 nitrogen and oxygen atoms in total. The molecule has 1 fully saturated rings. The van der Waals surface area contributed by atoms with E-state index in [4.69, 9.17) is 4.74 Å². The smallest absolute Gasteiger partial charge is 0.100 e. The Morgan fingerprint density at radius 2 is 2.70 bits per heavy atom. The molecule has 1 atom stereocenters. The van der Waals surface area contributed by atoms with Crippen molar-refractivity contribution in [3.8, 4) is 0 Å². The van der Waals surface area contributed by atoms with Gasteiger partial charge in [-0.05, 0) is 12.8 Å². The molecule has 0 saturated carbocycles. The Morgan fingerprint density at radius 3 is 3.30 bits per heavy atom. The Kier molecular flexibility index (Phi) is 1.69. The molecule has 1 aliphatic heterocycles. The van der Waals surface area contributed by atoms with Crippen molar-refractivity contribution in [3.05, 3.63) is 16.6 Å². The van der Waals surface area contributed by atoms with Crippen LogP contribution in [0.4, 0.5) is 0 Å². The molecule has 0 amide bonds. The minimum Gasteiger partial charge on any atom is -0.372 e. The Morgan fingerprint density at radius 1 is 1.70 bits per heavy atom. The van der Waals surface area contributed by atoms with Crippen LogP contribution in [0.15, 0.2) is 10.9 Å². The van der Waals surface area contributed by atoms with Crippen molar-refractivity contribution in [2.24, 2.45) is 0 Å². The number of hydrogen-bond donors (Lipinski definition) is 0. The summed E-state index contributed by atoms with van der Waals surface area (Å²) >= 11 is 1.64. The van der Waals surface area contributed by atoms with Gasteiger partial charge in [-0.25, -0.2) is 4.98 Å². The van der Waals surface area contributed by atoms with Crippen molar-refractivity contribution in [3.63, 3.8) is 0 Å². The molecule has 0 radical (unpaired) electrons. The zero-order chi connectivity index (χ0) is 6.81. The van der Waals surface area contributed by atoms with Crippen LogP contribution >= 0.6 is 11.3 Å². The van der Waals surface area contributed by atoms with E-state index >= 15 is 0 Å². The third-order valence-electron chi connectivity index (χ3n) is 1.71. The molecule has 0 N–H and O–H groups in total. The van der Waals surface area contributed by atoms with E-state index in [0.717, 1.165) is 18.7 Å². The molecule has 0 aromatic carbocycles. The molecule has 2 heterocycles. The number of aromatic nitrogens is 1. The Bertz CT molecular complexity index is 191. The van der Waals surface area contributed by atoms with Gasteiger partial charge in [-0.1, -0.05) is 0 Å². The Hall–Kier alpha value is -0.410. The van der Waals surface area contributed by atoms with Crippen LogP contribution in [-0.2, 0) is 4.74 Å². The van der Waals surface area contributed by atoms with Crippen LogP contribution in [0.5, 0.6) is 0 Å². The highest BCUT2D eigenvalue weighted by Gasteiger charge is 2.18.